The van der Waals surface area contributed by atoms with Crippen LogP contribution >= 0.6 is 0 Å². The van der Waals surface area contributed by atoms with Crippen molar-refractivity contribution in [2.24, 2.45) is 5.92 Å². The summed E-state index contributed by atoms with van der Waals surface area (Å²) in [5, 5.41) is 6.79. The van der Waals surface area contributed by atoms with Gasteiger partial charge in [-0.1, -0.05) is 12.8 Å². The molecule has 3 heterocycles. The maximum Gasteiger partial charge on any atom is 0.248 e. The molecular formula is C23H25F3N6O. The molecule has 0 unspecified atom stereocenters. The van der Waals surface area contributed by atoms with E-state index in [1.165, 1.54) is 37.5 Å². The number of pyridine rings is 1. The van der Waals surface area contributed by atoms with Crippen LogP contribution in [0.1, 0.15) is 60.9 Å². The summed E-state index contributed by atoms with van der Waals surface area (Å²) in [6, 6.07) is 2.67. The Morgan fingerprint density at radius 2 is 1.91 bits per heavy atom. The van der Waals surface area contributed by atoms with Gasteiger partial charge in [0, 0.05) is 31.6 Å². The van der Waals surface area contributed by atoms with E-state index in [-0.39, 0.29) is 48.7 Å². The van der Waals surface area contributed by atoms with Crippen LogP contribution in [0.15, 0.2) is 24.7 Å². The summed E-state index contributed by atoms with van der Waals surface area (Å²) in [7, 11) is 0. The van der Waals surface area contributed by atoms with E-state index < -0.39 is 17.7 Å². The molecule has 0 radical (unpaired) electrons. The van der Waals surface area contributed by atoms with Crippen molar-refractivity contribution in [1.29, 1.82) is 0 Å². The number of ketones is 1. The highest BCUT2D eigenvalue weighted by molar-refractivity contribution is 6.18. The van der Waals surface area contributed by atoms with Crippen LogP contribution in [0.4, 0.5) is 24.8 Å². The average molecular weight is 458 g/mol. The largest absolute Gasteiger partial charge is 0.369 e. The quantitative estimate of drug-likeness (QED) is 0.327. The first-order chi connectivity index (χ1) is 15.9. The van der Waals surface area contributed by atoms with Gasteiger partial charge in [0.2, 0.25) is 11.9 Å². The number of fused-ring (bicyclic) bond motifs is 1. The Labute approximate surface area is 188 Å². The normalized spacial score (nSPS) is 18.4. The van der Waals surface area contributed by atoms with Crippen molar-refractivity contribution in [3.8, 4) is 0 Å². The number of nitrogens with one attached hydrogen (secondary N) is 3. The molecule has 0 atom stereocenters. The van der Waals surface area contributed by atoms with Gasteiger partial charge in [-0.3, -0.25) is 4.79 Å². The minimum atomic E-state index is -2.64. The van der Waals surface area contributed by atoms with Gasteiger partial charge in [-0.2, -0.15) is 4.39 Å². The minimum absolute atomic E-state index is 0.176. The number of alkyl halides is 2. The van der Waals surface area contributed by atoms with Gasteiger partial charge in [0.05, 0.1) is 16.5 Å². The highest BCUT2D eigenvalue weighted by Gasteiger charge is 2.35. The molecule has 3 aromatic heterocycles. The fourth-order valence-electron chi connectivity index (χ4n) is 4.30. The summed E-state index contributed by atoms with van der Waals surface area (Å²) in [4.78, 5) is 28.4. The lowest BCUT2D eigenvalue weighted by Crippen LogP contribution is -2.32. The van der Waals surface area contributed by atoms with Gasteiger partial charge in [0.15, 0.2) is 5.78 Å². The minimum Gasteiger partial charge on any atom is -0.369 e. The third-order valence-electron chi connectivity index (χ3n) is 6.42. The van der Waals surface area contributed by atoms with E-state index in [9.17, 15) is 18.0 Å². The first kappa shape index (κ1) is 21.7. The molecule has 3 aromatic rings. The number of hydrogen-bond acceptors (Lipinski definition) is 6. The Morgan fingerprint density at radius 3 is 2.64 bits per heavy atom. The molecule has 7 nitrogen and oxygen atoms in total. The highest BCUT2D eigenvalue weighted by Crippen LogP contribution is 2.34. The van der Waals surface area contributed by atoms with Crippen molar-refractivity contribution in [3.05, 3.63) is 41.7 Å². The van der Waals surface area contributed by atoms with E-state index in [1.54, 1.807) is 0 Å². The van der Waals surface area contributed by atoms with E-state index in [2.05, 4.69) is 30.6 Å². The molecule has 0 aliphatic heterocycles. The van der Waals surface area contributed by atoms with Crippen LogP contribution in [-0.2, 0) is 0 Å². The highest BCUT2D eigenvalue weighted by atomic mass is 19.3. The van der Waals surface area contributed by atoms with Crippen molar-refractivity contribution in [2.45, 2.75) is 56.9 Å². The topological polar surface area (TPSA) is 95.6 Å². The maximum absolute atomic E-state index is 14.8. The molecule has 10 heteroatoms. The summed E-state index contributed by atoms with van der Waals surface area (Å²) < 4.78 is 41.5. The molecule has 2 aliphatic carbocycles. The number of aromatic amines is 1. The predicted molar refractivity (Wildman–Crippen MR) is 118 cm³/mol. The SMILES string of the molecule is O=C(c1ccc(NC2CCC(F)(F)CC2)nc1F)c1c[nH]c2ncnc(NCCC3CC3)c12. The Bertz CT molecular complexity index is 1170. The van der Waals surface area contributed by atoms with Crippen LogP contribution in [0.3, 0.4) is 0 Å². The Morgan fingerprint density at radius 1 is 1.12 bits per heavy atom. The molecule has 2 saturated carbocycles. The van der Waals surface area contributed by atoms with E-state index in [1.807, 2.05) is 0 Å². The van der Waals surface area contributed by atoms with Crippen molar-refractivity contribution in [3.63, 3.8) is 0 Å². The van der Waals surface area contributed by atoms with Crippen LogP contribution in [0.5, 0.6) is 0 Å². The number of nitrogens with zero attached hydrogens (tertiary/aromatic N) is 3. The zero-order valence-corrected chi connectivity index (χ0v) is 18.0. The molecule has 33 heavy (non-hydrogen) atoms. The number of carbonyl (C=O) groups is 1. The maximum atomic E-state index is 14.8. The van der Waals surface area contributed by atoms with Crippen LogP contribution < -0.4 is 10.6 Å². The van der Waals surface area contributed by atoms with Gasteiger partial charge < -0.3 is 15.6 Å². The molecule has 3 N–H and O–H groups in total. The zero-order valence-electron chi connectivity index (χ0n) is 18.0. The second-order valence-corrected chi connectivity index (χ2v) is 8.95. The van der Waals surface area contributed by atoms with Gasteiger partial charge in [-0.15, -0.1) is 0 Å². The van der Waals surface area contributed by atoms with E-state index in [0.29, 0.717) is 16.9 Å². The van der Waals surface area contributed by atoms with E-state index in [0.717, 1.165) is 18.9 Å². The first-order valence-electron chi connectivity index (χ1n) is 11.3. The molecule has 174 valence electrons. The standard InChI is InChI=1S/C23H25F3N6O/c24-20-15(3-4-17(32-20)31-14-5-8-23(25,26)9-6-14)19(33)16-11-28-22-18(16)21(29-12-30-22)27-10-7-13-1-2-13/h3-4,11-14H,1-2,5-10H2,(H,31,32)(H2,27,28,29,30). The van der Waals surface area contributed by atoms with Gasteiger partial charge in [0.25, 0.3) is 0 Å². The second kappa shape index (κ2) is 8.64. The number of hydrogen-bond donors (Lipinski definition) is 3. The fraction of sp³-hybridized carbons (Fsp3) is 0.478. The monoisotopic (exact) mass is 458 g/mol. The third-order valence-corrected chi connectivity index (χ3v) is 6.42. The molecule has 0 amide bonds. The lowest BCUT2D eigenvalue weighted by atomic mass is 9.92. The van der Waals surface area contributed by atoms with Gasteiger partial charge in [0.1, 0.15) is 23.6 Å². The molecular weight excluding hydrogens is 433 g/mol. The van der Waals surface area contributed by atoms with Gasteiger partial charge in [-0.25, -0.2) is 23.7 Å². The molecule has 2 aliphatic rings. The summed E-state index contributed by atoms with van der Waals surface area (Å²) in [5.74, 6) is -2.58. The van der Waals surface area contributed by atoms with Crippen LogP contribution in [0, 0.1) is 11.9 Å². The van der Waals surface area contributed by atoms with E-state index >= 15 is 0 Å². The van der Waals surface area contributed by atoms with Crippen LogP contribution in [-0.4, -0.2) is 44.2 Å². The summed E-state index contributed by atoms with van der Waals surface area (Å²) in [6.07, 6.45) is 6.60. The molecule has 0 bridgehead atoms. The summed E-state index contributed by atoms with van der Waals surface area (Å²) in [5.41, 5.74) is 0.572. The Hall–Kier alpha value is -3.17. The van der Waals surface area contributed by atoms with Gasteiger partial charge >= 0.3 is 0 Å². The summed E-state index contributed by atoms with van der Waals surface area (Å²) in [6.45, 7) is 0.735. The first-order valence-corrected chi connectivity index (χ1v) is 11.3. The molecule has 5 rings (SSSR count). The fourth-order valence-corrected chi connectivity index (χ4v) is 4.30. The summed E-state index contributed by atoms with van der Waals surface area (Å²) >= 11 is 0. The lowest BCUT2D eigenvalue weighted by molar-refractivity contribution is -0.0361. The van der Waals surface area contributed by atoms with Gasteiger partial charge in [-0.05, 0) is 37.3 Å². The van der Waals surface area contributed by atoms with Crippen molar-refractivity contribution >= 4 is 28.5 Å². The Balaban J connectivity index is 1.33. The molecule has 0 aromatic carbocycles. The number of anilines is 2. The average Bonchev–Trinajstić information content (AvgIpc) is 3.51. The molecule has 0 saturated heterocycles. The number of rotatable bonds is 8. The molecule has 2 fully saturated rings. The Kier molecular flexibility index (Phi) is 5.67. The second-order valence-electron chi connectivity index (χ2n) is 8.95. The van der Waals surface area contributed by atoms with Crippen molar-refractivity contribution < 1.29 is 18.0 Å². The van der Waals surface area contributed by atoms with E-state index in [4.69, 9.17) is 0 Å². The molecule has 0 spiro atoms. The predicted octanol–water partition coefficient (Wildman–Crippen LogP) is 4.92. The van der Waals surface area contributed by atoms with Crippen molar-refractivity contribution in [2.75, 3.05) is 17.2 Å². The number of halogens is 3. The van der Waals surface area contributed by atoms with Crippen LogP contribution in [0.25, 0.3) is 11.0 Å². The number of H-pyrrole nitrogens is 1. The lowest BCUT2D eigenvalue weighted by Gasteiger charge is -2.29. The third kappa shape index (κ3) is 4.79. The number of carbonyl (C=O) groups excluding carboxylic acids is 1. The van der Waals surface area contributed by atoms with Crippen molar-refractivity contribution in [1.82, 2.24) is 19.9 Å². The smallest absolute Gasteiger partial charge is 0.248 e. The van der Waals surface area contributed by atoms with Crippen LogP contribution in [0.2, 0.25) is 0 Å². The zero-order chi connectivity index (χ0) is 23.0. The number of aromatic nitrogens is 4.